The van der Waals surface area contributed by atoms with E-state index in [-0.39, 0.29) is 12.6 Å². The van der Waals surface area contributed by atoms with Crippen LogP contribution in [0.5, 0.6) is 0 Å². The summed E-state index contributed by atoms with van der Waals surface area (Å²) in [6, 6.07) is 16.2. The minimum absolute atomic E-state index is 0.201. The second kappa shape index (κ2) is 9.19. The number of hydrogen-bond acceptors (Lipinski definition) is 4. The summed E-state index contributed by atoms with van der Waals surface area (Å²) in [5.41, 5.74) is 1.72. The van der Waals surface area contributed by atoms with Crippen molar-refractivity contribution in [2.45, 2.75) is 37.6 Å². The van der Waals surface area contributed by atoms with Gasteiger partial charge in [0.2, 0.25) is 0 Å². The normalized spacial score (nSPS) is 18.5. The zero-order chi connectivity index (χ0) is 20.1. The molecule has 2 amide bonds. The Morgan fingerprint density at radius 2 is 1.86 bits per heavy atom. The number of aliphatic hydroxyl groups excluding tert-OH is 2. The minimum Gasteiger partial charge on any atom is -0.380 e. The molecule has 2 aromatic carbocycles. The van der Waals surface area contributed by atoms with E-state index in [4.69, 9.17) is 11.6 Å². The van der Waals surface area contributed by atoms with Crippen LogP contribution in [0.2, 0.25) is 5.02 Å². The first-order valence-corrected chi connectivity index (χ1v) is 9.59. The Kier molecular flexibility index (Phi) is 6.67. The zero-order valence-electron chi connectivity index (χ0n) is 15.3. The quantitative estimate of drug-likeness (QED) is 0.689. The topological polar surface area (TPSA) is 89.9 Å². The third kappa shape index (κ3) is 4.70. The summed E-state index contributed by atoms with van der Waals surface area (Å²) >= 11 is 6.04. The lowest BCUT2D eigenvalue weighted by Crippen LogP contribution is -2.50. The number of hydrogen-bond donors (Lipinski definition) is 3. The van der Waals surface area contributed by atoms with Crippen molar-refractivity contribution >= 4 is 23.4 Å². The maximum atomic E-state index is 12.7. The van der Waals surface area contributed by atoms with Crippen LogP contribution in [0.15, 0.2) is 54.6 Å². The number of nitrogens with one attached hydrogen (secondary N) is 1. The zero-order valence-corrected chi connectivity index (χ0v) is 16.0. The lowest BCUT2D eigenvalue weighted by atomic mass is 10.0. The molecule has 0 aliphatic carbocycles. The van der Waals surface area contributed by atoms with Gasteiger partial charge >= 0.3 is 0 Å². The van der Waals surface area contributed by atoms with Gasteiger partial charge in [-0.1, -0.05) is 54.1 Å². The van der Waals surface area contributed by atoms with Gasteiger partial charge in [-0.2, -0.15) is 0 Å². The molecule has 0 spiro atoms. The van der Waals surface area contributed by atoms with Gasteiger partial charge in [-0.3, -0.25) is 9.59 Å². The van der Waals surface area contributed by atoms with E-state index in [0.717, 1.165) is 24.0 Å². The van der Waals surface area contributed by atoms with Crippen molar-refractivity contribution in [1.29, 1.82) is 0 Å². The average Bonchev–Trinajstić information content (AvgIpc) is 3.21. The maximum absolute atomic E-state index is 12.7. The second-order valence-corrected chi connectivity index (χ2v) is 7.27. The summed E-state index contributed by atoms with van der Waals surface area (Å²) in [7, 11) is 0. The van der Waals surface area contributed by atoms with E-state index < -0.39 is 24.0 Å². The fourth-order valence-electron chi connectivity index (χ4n) is 3.43. The van der Waals surface area contributed by atoms with Gasteiger partial charge in [-0.05, 0) is 36.1 Å². The van der Waals surface area contributed by atoms with E-state index in [1.807, 2.05) is 36.4 Å². The molecule has 28 heavy (non-hydrogen) atoms. The Morgan fingerprint density at radius 3 is 2.57 bits per heavy atom. The highest BCUT2D eigenvalue weighted by Crippen LogP contribution is 2.33. The van der Waals surface area contributed by atoms with E-state index in [1.165, 1.54) is 4.90 Å². The Bertz CT molecular complexity index is 830. The second-order valence-electron chi connectivity index (χ2n) is 6.84. The average molecular weight is 403 g/mol. The van der Waals surface area contributed by atoms with Crippen molar-refractivity contribution in [2.24, 2.45) is 0 Å². The van der Waals surface area contributed by atoms with Crippen LogP contribution in [0.1, 0.15) is 30.0 Å². The molecule has 3 rings (SSSR count). The van der Waals surface area contributed by atoms with E-state index >= 15 is 0 Å². The van der Waals surface area contributed by atoms with Gasteiger partial charge in [0.25, 0.3) is 11.8 Å². The lowest BCUT2D eigenvalue weighted by molar-refractivity contribution is -0.153. The predicted molar refractivity (Wildman–Crippen MR) is 105 cm³/mol. The highest BCUT2D eigenvalue weighted by Gasteiger charge is 2.38. The summed E-state index contributed by atoms with van der Waals surface area (Å²) in [6.45, 7) is 0.651. The van der Waals surface area contributed by atoms with Crippen LogP contribution in [0, 0.1) is 0 Å². The van der Waals surface area contributed by atoms with E-state index in [1.54, 1.807) is 18.2 Å². The molecular weight excluding hydrogens is 380 g/mol. The van der Waals surface area contributed by atoms with Crippen LogP contribution in [-0.4, -0.2) is 45.7 Å². The van der Waals surface area contributed by atoms with Crippen molar-refractivity contribution in [1.82, 2.24) is 10.2 Å². The lowest BCUT2D eigenvalue weighted by Gasteiger charge is -2.28. The molecule has 1 unspecified atom stereocenters. The monoisotopic (exact) mass is 402 g/mol. The number of aliphatic hydroxyl groups is 2. The van der Waals surface area contributed by atoms with Crippen LogP contribution >= 0.6 is 11.6 Å². The van der Waals surface area contributed by atoms with Gasteiger partial charge in [0, 0.05) is 18.1 Å². The molecule has 7 heteroatoms. The first-order valence-electron chi connectivity index (χ1n) is 9.21. The number of halogens is 1. The maximum Gasteiger partial charge on any atom is 0.255 e. The first-order chi connectivity index (χ1) is 13.5. The fraction of sp³-hybridized carbons (Fsp3) is 0.333. The van der Waals surface area contributed by atoms with Gasteiger partial charge in [-0.15, -0.1) is 0 Å². The van der Waals surface area contributed by atoms with E-state index in [9.17, 15) is 19.8 Å². The number of carbonyl (C=O) groups is 2. The van der Waals surface area contributed by atoms with Crippen LogP contribution in [0.4, 0.5) is 0 Å². The Hall–Kier alpha value is -2.41. The molecule has 0 bridgehead atoms. The van der Waals surface area contributed by atoms with Gasteiger partial charge in [0.1, 0.15) is 0 Å². The largest absolute Gasteiger partial charge is 0.380 e. The van der Waals surface area contributed by atoms with Gasteiger partial charge in [-0.25, -0.2) is 0 Å². The van der Waals surface area contributed by atoms with Crippen LogP contribution in [0.3, 0.4) is 0 Å². The van der Waals surface area contributed by atoms with E-state index in [0.29, 0.717) is 11.6 Å². The van der Waals surface area contributed by atoms with Gasteiger partial charge in [0.15, 0.2) is 12.2 Å². The fourth-order valence-corrected chi connectivity index (χ4v) is 3.63. The predicted octanol–water partition coefficient (Wildman–Crippen LogP) is 2.04. The van der Waals surface area contributed by atoms with Crippen LogP contribution in [-0.2, 0) is 16.1 Å². The summed E-state index contributed by atoms with van der Waals surface area (Å²) < 4.78 is 0. The Morgan fingerprint density at radius 1 is 1.11 bits per heavy atom. The molecule has 0 aromatic heterocycles. The highest BCUT2D eigenvalue weighted by molar-refractivity contribution is 6.30. The highest BCUT2D eigenvalue weighted by atomic mass is 35.5. The van der Waals surface area contributed by atoms with Gasteiger partial charge < -0.3 is 20.4 Å². The standard InChI is InChI=1S/C21H23ClN2O4/c22-16-9-4-8-15(12-16)17-10-5-11-24(17)21(28)19(26)18(25)20(27)23-13-14-6-2-1-3-7-14/h1-4,6-9,12,17-19,25-26H,5,10-11,13H2,(H,23,27)/t17?,18-,19-/m1/s1. The molecule has 2 aromatic rings. The first kappa shape index (κ1) is 20.3. The molecule has 0 radical (unpaired) electrons. The number of nitrogens with zero attached hydrogens (tertiary/aromatic N) is 1. The molecule has 1 saturated heterocycles. The van der Waals surface area contributed by atoms with Crippen molar-refractivity contribution in [3.05, 3.63) is 70.7 Å². The summed E-state index contributed by atoms with van der Waals surface area (Å²) in [6.07, 6.45) is -2.16. The molecule has 6 nitrogen and oxygen atoms in total. The Balaban J connectivity index is 1.62. The number of likely N-dealkylation sites (tertiary alicyclic amines) is 1. The molecule has 1 aliphatic heterocycles. The molecule has 1 fully saturated rings. The molecule has 3 atom stereocenters. The summed E-state index contributed by atoms with van der Waals surface area (Å²) in [5, 5.41) is 23.6. The molecule has 1 aliphatic rings. The van der Waals surface area contributed by atoms with Crippen molar-refractivity contribution in [2.75, 3.05) is 6.54 Å². The number of benzene rings is 2. The number of carbonyl (C=O) groups excluding carboxylic acids is 2. The van der Waals surface area contributed by atoms with Gasteiger partial charge in [0.05, 0.1) is 6.04 Å². The third-order valence-corrected chi connectivity index (χ3v) is 5.13. The van der Waals surface area contributed by atoms with Crippen LogP contribution < -0.4 is 5.32 Å². The minimum atomic E-state index is -1.84. The molecule has 148 valence electrons. The SMILES string of the molecule is O=C(NCc1ccccc1)[C@H](O)[C@@H](O)C(=O)N1CCCC1c1cccc(Cl)c1. The molecule has 3 N–H and O–H groups in total. The van der Waals surface area contributed by atoms with Crippen molar-refractivity contribution < 1.29 is 19.8 Å². The molecule has 1 heterocycles. The third-order valence-electron chi connectivity index (χ3n) is 4.90. The number of amides is 2. The van der Waals surface area contributed by atoms with Crippen LogP contribution in [0.25, 0.3) is 0 Å². The summed E-state index contributed by atoms with van der Waals surface area (Å²) in [4.78, 5) is 26.4. The summed E-state index contributed by atoms with van der Waals surface area (Å²) in [5.74, 6) is -1.45. The van der Waals surface area contributed by atoms with Crippen molar-refractivity contribution in [3.8, 4) is 0 Å². The molecule has 0 saturated carbocycles. The smallest absolute Gasteiger partial charge is 0.255 e. The van der Waals surface area contributed by atoms with Crippen molar-refractivity contribution in [3.63, 3.8) is 0 Å². The molecular formula is C21H23ClN2O4. The Labute approximate surface area is 168 Å². The number of rotatable bonds is 6. The van der Waals surface area contributed by atoms with E-state index in [2.05, 4.69) is 5.32 Å².